The van der Waals surface area contributed by atoms with E-state index < -0.39 is 15.7 Å². The number of aliphatic hydroxyl groups is 1. The summed E-state index contributed by atoms with van der Waals surface area (Å²) in [7, 11) is -3.48. The number of rotatable bonds is 8. The van der Waals surface area contributed by atoms with E-state index in [1.807, 2.05) is 48.0 Å². The van der Waals surface area contributed by atoms with Gasteiger partial charge in [-0.1, -0.05) is 18.2 Å². The van der Waals surface area contributed by atoms with Crippen LogP contribution in [0.1, 0.15) is 21.6 Å². The van der Waals surface area contributed by atoms with E-state index in [1.165, 1.54) is 12.3 Å². The molecule has 0 fully saturated rings. The second-order valence-corrected chi connectivity index (χ2v) is 9.95. The summed E-state index contributed by atoms with van der Waals surface area (Å²) in [4.78, 5) is 21.7. The molecule has 0 aliphatic heterocycles. The maximum absolute atomic E-state index is 12.9. The molecule has 0 aliphatic carbocycles. The number of carbonyl (C=O) groups excluding carboxylic acids is 1. The fourth-order valence-electron chi connectivity index (χ4n) is 3.54. The van der Waals surface area contributed by atoms with Gasteiger partial charge in [0.05, 0.1) is 17.2 Å². The number of benzene rings is 1. The summed E-state index contributed by atoms with van der Waals surface area (Å²) < 4.78 is 25.8. The fourth-order valence-corrected chi connectivity index (χ4v) is 4.14. The maximum atomic E-state index is 12.9. The van der Waals surface area contributed by atoms with E-state index in [9.17, 15) is 13.2 Å². The van der Waals surface area contributed by atoms with Gasteiger partial charge in [-0.25, -0.2) is 18.4 Å². The number of aryl methyl sites for hydroxylation is 1. The van der Waals surface area contributed by atoms with E-state index in [-0.39, 0.29) is 23.7 Å². The number of nitrogens with zero attached hydrogens (tertiary/aromatic N) is 3. The molecule has 0 saturated heterocycles. The van der Waals surface area contributed by atoms with Crippen molar-refractivity contribution >= 4 is 27.1 Å². The van der Waals surface area contributed by atoms with Gasteiger partial charge in [-0.15, -0.1) is 0 Å². The molecule has 0 spiro atoms. The van der Waals surface area contributed by atoms with Gasteiger partial charge < -0.3 is 20.1 Å². The van der Waals surface area contributed by atoms with E-state index in [0.717, 1.165) is 28.7 Å². The summed E-state index contributed by atoms with van der Waals surface area (Å²) in [5, 5.41) is 14.8. The van der Waals surface area contributed by atoms with Crippen molar-refractivity contribution in [3.8, 4) is 11.3 Å². The number of anilines is 1. The van der Waals surface area contributed by atoms with Crippen LogP contribution < -0.4 is 10.6 Å². The minimum atomic E-state index is -3.48. The normalized spacial score (nSPS) is 11.6. The van der Waals surface area contributed by atoms with Gasteiger partial charge in [0.2, 0.25) is 0 Å². The van der Waals surface area contributed by atoms with Crippen LogP contribution in [0.25, 0.3) is 16.9 Å². The third kappa shape index (κ3) is 5.14. The summed E-state index contributed by atoms with van der Waals surface area (Å²) >= 11 is 0. The average Bonchev–Trinajstić information content (AvgIpc) is 3.25. The highest BCUT2D eigenvalue weighted by Gasteiger charge is 2.18. The van der Waals surface area contributed by atoms with Crippen molar-refractivity contribution in [2.45, 2.75) is 18.4 Å². The molecule has 9 nitrogen and oxygen atoms in total. The zero-order chi connectivity index (χ0) is 24.3. The second-order valence-electron chi connectivity index (χ2n) is 7.93. The molecule has 3 N–H and O–H groups in total. The lowest BCUT2D eigenvalue weighted by atomic mass is 10.1. The molecule has 4 rings (SSSR count). The van der Waals surface area contributed by atoms with Crippen LogP contribution in [0.5, 0.6) is 0 Å². The van der Waals surface area contributed by atoms with Gasteiger partial charge in [0, 0.05) is 49.2 Å². The Bertz CT molecular complexity index is 1450. The Morgan fingerprint density at radius 1 is 1.18 bits per heavy atom. The largest absolute Gasteiger partial charge is 0.395 e. The Morgan fingerprint density at radius 3 is 2.62 bits per heavy atom. The topological polar surface area (TPSA) is 126 Å². The van der Waals surface area contributed by atoms with Crippen molar-refractivity contribution in [3.63, 3.8) is 0 Å². The number of sulfone groups is 1. The molecule has 34 heavy (non-hydrogen) atoms. The van der Waals surface area contributed by atoms with Gasteiger partial charge in [0.1, 0.15) is 11.3 Å². The number of fused-ring (bicyclic) bond motifs is 1. The predicted octanol–water partition coefficient (Wildman–Crippen LogP) is 2.44. The maximum Gasteiger partial charge on any atom is 0.274 e. The molecule has 0 saturated carbocycles. The first-order valence-corrected chi connectivity index (χ1v) is 12.5. The molecule has 0 unspecified atom stereocenters. The molecule has 0 aliphatic rings. The van der Waals surface area contributed by atoms with Crippen LogP contribution in [0, 0.1) is 6.92 Å². The number of imidazole rings is 1. The van der Waals surface area contributed by atoms with Crippen LogP contribution in [0.3, 0.4) is 0 Å². The third-order valence-electron chi connectivity index (χ3n) is 5.31. The van der Waals surface area contributed by atoms with E-state index in [2.05, 4.69) is 20.6 Å². The van der Waals surface area contributed by atoms with E-state index in [0.29, 0.717) is 17.8 Å². The monoisotopic (exact) mass is 479 g/mol. The first kappa shape index (κ1) is 23.6. The molecular formula is C24H25N5O4S. The van der Waals surface area contributed by atoms with E-state index in [1.54, 1.807) is 12.1 Å². The molecular weight excluding hydrogens is 454 g/mol. The Hall–Kier alpha value is -3.60. The smallest absolute Gasteiger partial charge is 0.274 e. The molecule has 0 radical (unpaired) electrons. The zero-order valence-electron chi connectivity index (χ0n) is 18.8. The van der Waals surface area contributed by atoms with Crippen molar-refractivity contribution in [1.82, 2.24) is 19.7 Å². The summed E-state index contributed by atoms with van der Waals surface area (Å²) in [6.45, 7) is 2.41. The molecule has 0 atom stereocenters. The van der Waals surface area contributed by atoms with Gasteiger partial charge in [0.15, 0.2) is 9.84 Å². The van der Waals surface area contributed by atoms with Gasteiger partial charge in [-0.3, -0.25) is 4.79 Å². The van der Waals surface area contributed by atoms with Crippen molar-refractivity contribution in [1.29, 1.82) is 0 Å². The Labute approximate surface area is 197 Å². The van der Waals surface area contributed by atoms with Gasteiger partial charge in [0.25, 0.3) is 5.91 Å². The Kier molecular flexibility index (Phi) is 6.73. The molecule has 176 valence electrons. The number of aromatic nitrogens is 3. The number of pyridine rings is 2. The predicted molar refractivity (Wildman–Crippen MR) is 129 cm³/mol. The number of nitrogens with one attached hydrogen (secondary N) is 2. The molecule has 0 bridgehead atoms. The summed E-state index contributed by atoms with van der Waals surface area (Å²) in [6, 6.07) is 12.7. The fraction of sp³-hybridized carbons (Fsp3) is 0.208. The first-order chi connectivity index (χ1) is 16.3. The molecule has 3 heterocycles. The highest BCUT2D eigenvalue weighted by atomic mass is 32.2. The standard InChI is InChI=1S/C24H25N5O4S/c1-16-4-3-10-29-15-21(28-23(16)29)17-5-7-19(8-6-17)27-24(31)22-18(13-25-9-11-30)12-20(14-26-22)34(2,32)33/h3-8,10,12,14-15,25,30H,9,11,13H2,1-2H3,(H,27,31). The number of amides is 1. The third-order valence-corrected chi connectivity index (χ3v) is 6.38. The summed E-state index contributed by atoms with van der Waals surface area (Å²) in [5.41, 5.74) is 4.80. The molecule has 10 heteroatoms. The highest BCUT2D eigenvalue weighted by Crippen LogP contribution is 2.23. The molecule has 3 aromatic heterocycles. The van der Waals surface area contributed by atoms with Crippen molar-refractivity contribution in [2.24, 2.45) is 0 Å². The SMILES string of the molecule is Cc1cccn2cc(-c3ccc(NC(=O)c4ncc(S(C)(=O)=O)cc4CNCCO)cc3)nc12. The summed E-state index contributed by atoms with van der Waals surface area (Å²) in [6.07, 6.45) is 6.16. The first-order valence-electron chi connectivity index (χ1n) is 10.6. The molecule has 1 amide bonds. The van der Waals surface area contributed by atoms with Gasteiger partial charge in [-0.05, 0) is 42.3 Å². The Morgan fingerprint density at radius 2 is 1.94 bits per heavy atom. The van der Waals surface area contributed by atoms with Crippen molar-refractivity contribution < 1.29 is 18.3 Å². The quantitative estimate of drug-likeness (QED) is 0.331. The minimum absolute atomic E-state index is 0.0249. The summed E-state index contributed by atoms with van der Waals surface area (Å²) in [5.74, 6) is -0.461. The van der Waals surface area contributed by atoms with Crippen LogP contribution in [0.4, 0.5) is 5.69 Å². The number of carbonyl (C=O) groups is 1. The van der Waals surface area contributed by atoms with Crippen LogP contribution >= 0.6 is 0 Å². The van der Waals surface area contributed by atoms with Crippen LogP contribution in [-0.2, 0) is 16.4 Å². The van der Waals surface area contributed by atoms with Gasteiger partial charge in [-0.2, -0.15) is 0 Å². The van der Waals surface area contributed by atoms with Crippen molar-refractivity contribution in [2.75, 3.05) is 24.7 Å². The van der Waals surface area contributed by atoms with Crippen LogP contribution in [0.15, 0.2) is 66.0 Å². The molecule has 1 aromatic carbocycles. The second kappa shape index (κ2) is 9.72. The Balaban J connectivity index is 1.55. The number of hydrogen-bond acceptors (Lipinski definition) is 7. The van der Waals surface area contributed by atoms with Crippen LogP contribution in [-0.4, -0.2) is 53.2 Å². The lowest BCUT2D eigenvalue weighted by Gasteiger charge is -2.12. The average molecular weight is 480 g/mol. The van der Waals surface area contributed by atoms with E-state index in [4.69, 9.17) is 5.11 Å². The lowest BCUT2D eigenvalue weighted by Crippen LogP contribution is -2.23. The van der Waals surface area contributed by atoms with Crippen molar-refractivity contribution in [3.05, 3.63) is 77.9 Å². The minimum Gasteiger partial charge on any atom is -0.395 e. The zero-order valence-corrected chi connectivity index (χ0v) is 19.6. The van der Waals surface area contributed by atoms with Gasteiger partial charge >= 0.3 is 0 Å². The van der Waals surface area contributed by atoms with Crippen LogP contribution in [0.2, 0.25) is 0 Å². The number of aliphatic hydroxyl groups excluding tert-OH is 1. The number of hydrogen-bond donors (Lipinski definition) is 3. The molecule has 4 aromatic rings. The highest BCUT2D eigenvalue weighted by molar-refractivity contribution is 7.90. The van der Waals surface area contributed by atoms with E-state index >= 15 is 0 Å². The lowest BCUT2D eigenvalue weighted by molar-refractivity contribution is 0.102.